The van der Waals surface area contributed by atoms with Gasteiger partial charge >= 0.3 is 0 Å². The van der Waals surface area contributed by atoms with Gasteiger partial charge in [0.2, 0.25) is 0 Å². The molecule has 3 rings (SSSR count). The molecule has 152 valence electrons. The van der Waals surface area contributed by atoms with E-state index in [4.69, 9.17) is 26.4 Å². The van der Waals surface area contributed by atoms with Gasteiger partial charge in [0.1, 0.15) is 17.2 Å². The third-order valence-corrected chi connectivity index (χ3v) is 4.83. The van der Waals surface area contributed by atoms with Gasteiger partial charge in [-0.1, -0.05) is 0 Å². The molecule has 2 aromatic rings. The van der Waals surface area contributed by atoms with E-state index in [-0.39, 0.29) is 5.91 Å². The number of thiocarbonyl (C=S) groups is 1. The summed E-state index contributed by atoms with van der Waals surface area (Å²) in [6.45, 7) is 1.82. The van der Waals surface area contributed by atoms with Crippen LogP contribution >= 0.6 is 12.2 Å². The van der Waals surface area contributed by atoms with Crippen LogP contribution in [0.25, 0.3) is 0 Å². The molecular weight excluding hydrogens is 390 g/mol. The fraction of sp³-hybridized carbons (Fsp3) is 0.238. The van der Waals surface area contributed by atoms with Gasteiger partial charge in [-0.2, -0.15) is 0 Å². The first kappa shape index (κ1) is 20.5. The second-order valence-corrected chi connectivity index (χ2v) is 6.77. The molecule has 0 saturated carbocycles. The highest BCUT2D eigenvalue weighted by molar-refractivity contribution is 7.80. The molecule has 8 heteroatoms. The van der Waals surface area contributed by atoms with E-state index in [9.17, 15) is 4.79 Å². The molecule has 1 amide bonds. The summed E-state index contributed by atoms with van der Waals surface area (Å²) in [7, 11) is 4.76. The average Bonchev–Trinajstić information content (AvgIpc) is 2.73. The van der Waals surface area contributed by atoms with Gasteiger partial charge in [0.25, 0.3) is 5.91 Å². The van der Waals surface area contributed by atoms with Crippen molar-refractivity contribution in [2.45, 2.75) is 13.0 Å². The third kappa shape index (κ3) is 4.43. The normalized spacial score (nSPS) is 15.9. The molecule has 7 nitrogen and oxygen atoms in total. The lowest BCUT2D eigenvalue weighted by molar-refractivity contribution is -0.113. The Morgan fingerprint density at radius 3 is 2.28 bits per heavy atom. The lowest BCUT2D eigenvalue weighted by Gasteiger charge is -2.31. The summed E-state index contributed by atoms with van der Waals surface area (Å²) in [5.41, 5.74) is 2.61. The molecule has 1 atom stereocenters. The molecule has 29 heavy (non-hydrogen) atoms. The lowest BCUT2D eigenvalue weighted by atomic mass is 9.94. The Bertz CT molecular complexity index is 957. The molecule has 0 fully saturated rings. The number of carbonyl (C=O) groups excluding carboxylic acids is 1. The Hall–Kier alpha value is -3.26. The standard InChI is InChI=1S/C21H23N3O4S/c1-12-18(20(25)23-13-5-7-14(26-2)8-6-13)19(24-21(29)22-12)16-10-9-15(27-3)11-17(16)28-4/h5-11,19H,1-4H3,(H,23,25)(H2,22,24,29)/t19-/m0/s1. The first-order chi connectivity index (χ1) is 14.0. The van der Waals surface area contributed by atoms with Crippen LogP contribution in [0.15, 0.2) is 53.7 Å². The average molecular weight is 413 g/mol. The molecule has 0 spiro atoms. The van der Waals surface area contributed by atoms with E-state index in [1.54, 1.807) is 51.7 Å². The number of ether oxygens (including phenoxy) is 3. The minimum atomic E-state index is -0.483. The Morgan fingerprint density at radius 1 is 1.00 bits per heavy atom. The Morgan fingerprint density at radius 2 is 1.66 bits per heavy atom. The predicted octanol–water partition coefficient (Wildman–Crippen LogP) is 3.14. The van der Waals surface area contributed by atoms with Crippen molar-refractivity contribution >= 4 is 28.9 Å². The lowest BCUT2D eigenvalue weighted by Crippen LogP contribution is -2.45. The van der Waals surface area contributed by atoms with Gasteiger partial charge in [0.05, 0.1) is 32.9 Å². The highest BCUT2D eigenvalue weighted by Crippen LogP contribution is 2.35. The number of amides is 1. The third-order valence-electron chi connectivity index (χ3n) is 4.61. The number of benzene rings is 2. The summed E-state index contributed by atoms with van der Waals surface area (Å²) in [5.74, 6) is 1.71. The van der Waals surface area contributed by atoms with Crippen LogP contribution in [0.4, 0.5) is 5.69 Å². The highest BCUT2D eigenvalue weighted by atomic mass is 32.1. The fourth-order valence-corrected chi connectivity index (χ4v) is 3.43. The molecule has 0 saturated heterocycles. The molecule has 2 aromatic carbocycles. The van der Waals surface area contributed by atoms with E-state index >= 15 is 0 Å². The zero-order chi connectivity index (χ0) is 21.0. The predicted molar refractivity (Wildman–Crippen MR) is 115 cm³/mol. The van der Waals surface area contributed by atoms with E-state index in [1.165, 1.54) is 0 Å². The van der Waals surface area contributed by atoms with Crippen LogP contribution < -0.4 is 30.2 Å². The van der Waals surface area contributed by atoms with Crippen molar-refractivity contribution in [1.29, 1.82) is 0 Å². The summed E-state index contributed by atoms with van der Waals surface area (Å²) in [6.07, 6.45) is 0. The van der Waals surface area contributed by atoms with Crippen molar-refractivity contribution in [3.8, 4) is 17.2 Å². The van der Waals surface area contributed by atoms with Crippen molar-refractivity contribution < 1.29 is 19.0 Å². The van der Waals surface area contributed by atoms with Crippen molar-refractivity contribution in [3.63, 3.8) is 0 Å². The first-order valence-corrected chi connectivity index (χ1v) is 9.33. The summed E-state index contributed by atoms with van der Waals surface area (Å²) >= 11 is 5.32. The van der Waals surface area contributed by atoms with E-state index < -0.39 is 6.04 Å². The van der Waals surface area contributed by atoms with Gasteiger partial charge in [-0.3, -0.25) is 4.79 Å². The maximum absolute atomic E-state index is 13.2. The number of hydrogen-bond donors (Lipinski definition) is 3. The van der Waals surface area contributed by atoms with E-state index in [1.807, 2.05) is 19.1 Å². The summed E-state index contributed by atoms with van der Waals surface area (Å²) < 4.78 is 16.0. The zero-order valence-electron chi connectivity index (χ0n) is 16.7. The summed E-state index contributed by atoms with van der Waals surface area (Å²) in [4.78, 5) is 13.2. The number of anilines is 1. The number of nitrogens with one attached hydrogen (secondary N) is 3. The van der Waals surface area contributed by atoms with Gasteiger partial charge < -0.3 is 30.2 Å². The van der Waals surface area contributed by atoms with Crippen LogP contribution in [0.3, 0.4) is 0 Å². The topological polar surface area (TPSA) is 80.9 Å². The smallest absolute Gasteiger partial charge is 0.255 e. The van der Waals surface area contributed by atoms with Crippen molar-refractivity contribution in [3.05, 3.63) is 59.3 Å². The van der Waals surface area contributed by atoms with Gasteiger partial charge in [0.15, 0.2) is 5.11 Å². The van der Waals surface area contributed by atoms with Gasteiger partial charge in [-0.05, 0) is 55.5 Å². The largest absolute Gasteiger partial charge is 0.497 e. The SMILES string of the molecule is COc1ccc(NC(=O)C2=C(C)NC(=S)N[C@H]2c2ccc(OC)cc2OC)cc1. The second-order valence-electron chi connectivity index (χ2n) is 6.36. The van der Waals surface area contributed by atoms with Gasteiger partial charge in [-0.25, -0.2) is 0 Å². The summed E-state index contributed by atoms with van der Waals surface area (Å²) in [5, 5.41) is 9.56. The zero-order valence-corrected chi connectivity index (χ0v) is 17.5. The molecule has 0 unspecified atom stereocenters. The molecule has 1 heterocycles. The van der Waals surface area contributed by atoms with Crippen molar-refractivity contribution in [2.24, 2.45) is 0 Å². The molecule has 0 radical (unpaired) electrons. The van der Waals surface area contributed by atoms with Crippen LogP contribution in [0.5, 0.6) is 17.2 Å². The van der Waals surface area contributed by atoms with Crippen LogP contribution in [0, 0.1) is 0 Å². The summed E-state index contributed by atoms with van der Waals surface area (Å²) in [6, 6.07) is 12.1. The fourth-order valence-electron chi connectivity index (χ4n) is 3.16. The molecule has 1 aliphatic heterocycles. The highest BCUT2D eigenvalue weighted by Gasteiger charge is 2.32. The van der Waals surface area contributed by atoms with Crippen molar-refractivity contribution in [1.82, 2.24) is 10.6 Å². The number of rotatable bonds is 6. The molecule has 0 aromatic heterocycles. The van der Waals surface area contributed by atoms with Gasteiger partial charge in [0, 0.05) is 23.0 Å². The Balaban J connectivity index is 1.96. The Labute approximate surface area is 175 Å². The monoisotopic (exact) mass is 413 g/mol. The second kappa shape index (κ2) is 8.83. The molecular formula is C21H23N3O4S. The maximum Gasteiger partial charge on any atom is 0.255 e. The quantitative estimate of drug-likeness (QED) is 0.628. The Kier molecular flexibility index (Phi) is 6.23. The first-order valence-electron chi connectivity index (χ1n) is 8.92. The van der Waals surface area contributed by atoms with Crippen LogP contribution in [-0.2, 0) is 4.79 Å². The minimum absolute atomic E-state index is 0.252. The van der Waals surface area contributed by atoms with Crippen LogP contribution in [0.2, 0.25) is 0 Å². The van der Waals surface area contributed by atoms with E-state index in [2.05, 4.69) is 16.0 Å². The van der Waals surface area contributed by atoms with E-state index in [0.29, 0.717) is 39.3 Å². The molecule has 3 N–H and O–H groups in total. The number of allylic oxidation sites excluding steroid dienone is 1. The maximum atomic E-state index is 13.2. The van der Waals surface area contributed by atoms with Crippen LogP contribution in [-0.4, -0.2) is 32.3 Å². The molecule has 0 bridgehead atoms. The molecule has 0 aliphatic carbocycles. The minimum Gasteiger partial charge on any atom is -0.497 e. The number of carbonyl (C=O) groups is 1. The number of methoxy groups -OCH3 is 3. The molecule has 1 aliphatic rings. The van der Waals surface area contributed by atoms with Crippen molar-refractivity contribution in [2.75, 3.05) is 26.6 Å². The van der Waals surface area contributed by atoms with E-state index in [0.717, 1.165) is 5.56 Å². The van der Waals surface area contributed by atoms with Crippen LogP contribution in [0.1, 0.15) is 18.5 Å². The van der Waals surface area contributed by atoms with Gasteiger partial charge in [-0.15, -0.1) is 0 Å². The number of hydrogen-bond acceptors (Lipinski definition) is 5.